The van der Waals surface area contributed by atoms with Crippen molar-refractivity contribution >= 4 is 23.6 Å². The fourth-order valence-electron chi connectivity index (χ4n) is 3.94. The Morgan fingerprint density at radius 3 is 2.64 bits per heavy atom. The Bertz CT molecular complexity index is 628. The molecule has 25 heavy (non-hydrogen) atoms. The molecule has 4 atom stereocenters. The molecule has 0 saturated heterocycles. The maximum Gasteiger partial charge on any atom is 0.242 e. The van der Waals surface area contributed by atoms with E-state index in [1.807, 2.05) is 19.9 Å². The molecule has 2 N–H and O–H groups in total. The molecule has 1 heterocycles. The number of hydrogen-bond acceptors (Lipinski definition) is 5. The highest BCUT2D eigenvalue weighted by molar-refractivity contribution is 7.98. The number of rotatable bonds is 8. The average molecular weight is 361 g/mol. The number of fused-ring (bicyclic) bond motifs is 2. The van der Waals surface area contributed by atoms with Gasteiger partial charge in [-0.05, 0) is 68.9 Å². The fourth-order valence-corrected chi connectivity index (χ4v) is 4.41. The van der Waals surface area contributed by atoms with Crippen LogP contribution in [-0.4, -0.2) is 40.5 Å². The first kappa shape index (κ1) is 18.2. The van der Waals surface area contributed by atoms with E-state index in [4.69, 9.17) is 0 Å². The van der Waals surface area contributed by atoms with Crippen molar-refractivity contribution < 1.29 is 4.79 Å². The number of amides is 1. The standard InChI is InChI=1S/C19H28N4OS/c1-12-8-13(2)22-19(21-12)23-17(6-7-25-3)18(24)20-11-16-10-14-4-5-15(16)9-14/h4-5,8,14-17H,6-7,9-11H2,1-3H3,(H,20,24)(H,21,22,23)/t14-,15+,16-,17+/m1/s1. The number of hydrogen-bond donors (Lipinski definition) is 2. The maximum atomic E-state index is 12.7. The topological polar surface area (TPSA) is 66.9 Å². The highest BCUT2D eigenvalue weighted by atomic mass is 32.2. The molecule has 2 bridgehead atoms. The van der Waals surface area contributed by atoms with E-state index >= 15 is 0 Å². The van der Waals surface area contributed by atoms with E-state index in [0.29, 0.717) is 17.8 Å². The van der Waals surface area contributed by atoms with Gasteiger partial charge in [0.1, 0.15) is 6.04 Å². The minimum atomic E-state index is -0.289. The number of carbonyl (C=O) groups is 1. The quantitative estimate of drug-likeness (QED) is 0.698. The monoisotopic (exact) mass is 360 g/mol. The van der Waals surface area contributed by atoms with Crippen LogP contribution in [-0.2, 0) is 4.79 Å². The lowest BCUT2D eigenvalue weighted by Gasteiger charge is -2.22. The molecule has 0 unspecified atom stereocenters. The Morgan fingerprint density at radius 2 is 2.04 bits per heavy atom. The molecule has 1 aromatic rings. The molecule has 2 aliphatic rings. The Hall–Kier alpha value is -1.56. The normalized spacial score (nSPS) is 25.2. The highest BCUT2D eigenvalue weighted by Gasteiger charge is 2.35. The van der Waals surface area contributed by atoms with Crippen LogP contribution in [0.2, 0.25) is 0 Å². The molecule has 136 valence electrons. The zero-order chi connectivity index (χ0) is 17.8. The lowest BCUT2D eigenvalue weighted by molar-refractivity contribution is -0.122. The molecule has 1 saturated carbocycles. The summed E-state index contributed by atoms with van der Waals surface area (Å²) in [5.74, 6) is 3.52. The summed E-state index contributed by atoms with van der Waals surface area (Å²) in [6, 6.07) is 1.65. The molecule has 3 rings (SSSR count). The Morgan fingerprint density at radius 1 is 1.28 bits per heavy atom. The van der Waals surface area contributed by atoms with Gasteiger partial charge in [-0.15, -0.1) is 0 Å². The second-order valence-electron chi connectivity index (χ2n) is 7.24. The summed E-state index contributed by atoms with van der Waals surface area (Å²) >= 11 is 1.75. The van der Waals surface area contributed by atoms with E-state index < -0.39 is 0 Å². The van der Waals surface area contributed by atoms with Crippen LogP contribution in [0.1, 0.15) is 30.7 Å². The van der Waals surface area contributed by atoms with Crippen molar-refractivity contribution in [2.75, 3.05) is 23.9 Å². The smallest absolute Gasteiger partial charge is 0.242 e. The van der Waals surface area contributed by atoms with Crippen LogP contribution in [0.4, 0.5) is 5.95 Å². The maximum absolute atomic E-state index is 12.7. The van der Waals surface area contributed by atoms with Crippen molar-refractivity contribution in [1.82, 2.24) is 15.3 Å². The first-order valence-electron chi connectivity index (χ1n) is 9.09. The van der Waals surface area contributed by atoms with E-state index in [0.717, 1.165) is 36.0 Å². The highest BCUT2D eigenvalue weighted by Crippen LogP contribution is 2.42. The lowest BCUT2D eigenvalue weighted by Crippen LogP contribution is -2.42. The van der Waals surface area contributed by atoms with Crippen LogP contribution >= 0.6 is 11.8 Å². The van der Waals surface area contributed by atoms with Gasteiger partial charge >= 0.3 is 0 Å². The minimum Gasteiger partial charge on any atom is -0.354 e. The predicted octanol–water partition coefficient (Wildman–Crippen LogP) is 2.96. The van der Waals surface area contributed by atoms with Gasteiger partial charge < -0.3 is 10.6 Å². The number of thioether (sulfide) groups is 1. The van der Waals surface area contributed by atoms with Crippen LogP contribution in [0.5, 0.6) is 0 Å². The molecule has 0 radical (unpaired) electrons. The third-order valence-electron chi connectivity index (χ3n) is 5.17. The van der Waals surface area contributed by atoms with Crippen molar-refractivity contribution in [2.24, 2.45) is 17.8 Å². The first-order chi connectivity index (χ1) is 12.0. The number of carbonyl (C=O) groups excluding carboxylic acids is 1. The van der Waals surface area contributed by atoms with Gasteiger partial charge in [-0.3, -0.25) is 4.79 Å². The summed E-state index contributed by atoms with van der Waals surface area (Å²) < 4.78 is 0. The minimum absolute atomic E-state index is 0.0589. The summed E-state index contributed by atoms with van der Waals surface area (Å²) in [6.45, 7) is 4.66. The van der Waals surface area contributed by atoms with Crippen LogP contribution < -0.4 is 10.6 Å². The second kappa shape index (κ2) is 8.21. The van der Waals surface area contributed by atoms with E-state index in [1.165, 1.54) is 12.8 Å². The Balaban J connectivity index is 1.58. The summed E-state index contributed by atoms with van der Waals surface area (Å²) in [5.41, 5.74) is 1.82. The van der Waals surface area contributed by atoms with E-state index in [-0.39, 0.29) is 11.9 Å². The van der Waals surface area contributed by atoms with Crippen LogP contribution in [0, 0.1) is 31.6 Å². The van der Waals surface area contributed by atoms with Gasteiger partial charge in [-0.1, -0.05) is 12.2 Å². The molecule has 1 fully saturated rings. The number of nitrogens with zero attached hydrogens (tertiary/aromatic N) is 2. The van der Waals surface area contributed by atoms with Crippen LogP contribution in [0.3, 0.4) is 0 Å². The number of aryl methyl sites for hydroxylation is 2. The van der Waals surface area contributed by atoms with Crippen molar-refractivity contribution in [3.05, 3.63) is 29.6 Å². The summed E-state index contributed by atoms with van der Waals surface area (Å²) in [5, 5.41) is 6.41. The number of nitrogens with one attached hydrogen (secondary N) is 2. The molecule has 0 aromatic carbocycles. The summed E-state index contributed by atoms with van der Waals surface area (Å²) in [6.07, 6.45) is 9.97. The molecule has 1 amide bonds. The van der Waals surface area contributed by atoms with Crippen LogP contribution in [0.25, 0.3) is 0 Å². The third kappa shape index (κ3) is 4.75. The fraction of sp³-hybridized carbons (Fsp3) is 0.632. The van der Waals surface area contributed by atoms with E-state index in [2.05, 4.69) is 39.0 Å². The number of aromatic nitrogens is 2. The largest absolute Gasteiger partial charge is 0.354 e. The van der Waals surface area contributed by atoms with Gasteiger partial charge in [-0.25, -0.2) is 9.97 Å². The SMILES string of the molecule is CSCC[C@H](Nc1nc(C)cc(C)n1)C(=O)NC[C@H]1C[C@@H]2C=C[C@H]1C2. The van der Waals surface area contributed by atoms with Gasteiger partial charge in [0.25, 0.3) is 0 Å². The van der Waals surface area contributed by atoms with E-state index in [1.54, 1.807) is 11.8 Å². The number of anilines is 1. The summed E-state index contributed by atoms with van der Waals surface area (Å²) in [7, 11) is 0. The van der Waals surface area contributed by atoms with Gasteiger partial charge in [0.2, 0.25) is 11.9 Å². The molecule has 0 spiro atoms. The molecule has 5 nitrogen and oxygen atoms in total. The van der Waals surface area contributed by atoms with Gasteiger partial charge in [-0.2, -0.15) is 11.8 Å². The molecular weight excluding hydrogens is 332 g/mol. The van der Waals surface area contributed by atoms with E-state index in [9.17, 15) is 4.79 Å². The average Bonchev–Trinajstić information content (AvgIpc) is 3.18. The first-order valence-corrected chi connectivity index (χ1v) is 10.5. The van der Waals surface area contributed by atoms with Crippen molar-refractivity contribution in [1.29, 1.82) is 0 Å². The Labute approximate surface area is 154 Å². The van der Waals surface area contributed by atoms with Gasteiger partial charge in [0.05, 0.1) is 0 Å². The second-order valence-corrected chi connectivity index (χ2v) is 8.22. The van der Waals surface area contributed by atoms with Gasteiger partial charge in [0.15, 0.2) is 0 Å². The summed E-state index contributed by atoms with van der Waals surface area (Å²) in [4.78, 5) is 21.6. The molecule has 2 aliphatic carbocycles. The van der Waals surface area contributed by atoms with Crippen molar-refractivity contribution in [3.8, 4) is 0 Å². The van der Waals surface area contributed by atoms with Gasteiger partial charge in [0, 0.05) is 17.9 Å². The molecule has 6 heteroatoms. The van der Waals surface area contributed by atoms with Crippen molar-refractivity contribution in [3.63, 3.8) is 0 Å². The number of allylic oxidation sites excluding steroid dienone is 2. The zero-order valence-electron chi connectivity index (χ0n) is 15.3. The molecule has 1 aromatic heterocycles. The predicted molar refractivity (Wildman–Crippen MR) is 104 cm³/mol. The lowest BCUT2D eigenvalue weighted by atomic mass is 9.93. The van der Waals surface area contributed by atoms with Crippen LogP contribution in [0.15, 0.2) is 18.2 Å². The molecule has 0 aliphatic heterocycles. The zero-order valence-corrected chi connectivity index (χ0v) is 16.1. The third-order valence-corrected chi connectivity index (χ3v) is 5.81. The van der Waals surface area contributed by atoms with Crippen molar-refractivity contribution in [2.45, 2.75) is 39.2 Å². The Kier molecular flexibility index (Phi) is 5.99. The molecular formula is C19H28N4OS.